The van der Waals surface area contributed by atoms with E-state index in [0.717, 1.165) is 60.3 Å². The molecule has 716 valence electrons. The number of Topliss-reactive ketones (excluding diaryl/α,β-unsaturated/α-hetero) is 1. The summed E-state index contributed by atoms with van der Waals surface area (Å²) in [6, 6.07) is 22.2. The van der Waals surface area contributed by atoms with E-state index in [0.29, 0.717) is 53.8 Å². The summed E-state index contributed by atoms with van der Waals surface area (Å²) in [5.41, 5.74) is 16.3. The van der Waals surface area contributed by atoms with Crippen molar-refractivity contribution in [1.29, 1.82) is 0 Å². The third-order valence-electron chi connectivity index (χ3n) is 24.6. The molecule has 0 saturated carbocycles. The van der Waals surface area contributed by atoms with Gasteiger partial charge in [0.2, 0.25) is 53.2 Å². The molecule has 10 amide bonds. The molecule has 5 heterocycles. The molecule has 4 aliphatic heterocycles. The lowest BCUT2D eigenvalue weighted by molar-refractivity contribution is -0.162. The number of nitrogens with zero attached hydrogens (tertiary/aromatic N) is 2. The van der Waals surface area contributed by atoms with Gasteiger partial charge in [0.25, 0.3) is 0 Å². The highest BCUT2D eigenvalue weighted by Gasteiger charge is 2.65. The van der Waals surface area contributed by atoms with Gasteiger partial charge in [-0.2, -0.15) is 0 Å². The van der Waals surface area contributed by atoms with E-state index in [2.05, 4.69) is 47.5 Å². The van der Waals surface area contributed by atoms with Crippen molar-refractivity contribution in [2.75, 3.05) is 69.3 Å². The predicted molar refractivity (Wildman–Crippen MR) is 512 cm³/mol. The molecule has 3 saturated heterocycles. The second-order valence-corrected chi connectivity index (χ2v) is 40.0. The van der Waals surface area contributed by atoms with E-state index in [9.17, 15) is 53.7 Å². The van der Waals surface area contributed by atoms with Crippen LogP contribution >= 0.6 is 54.8 Å². The number of esters is 1. The van der Waals surface area contributed by atoms with Gasteiger partial charge in [-0.05, 0) is 148 Å². The molecule has 1 aliphatic carbocycles. The van der Waals surface area contributed by atoms with Crippen molar-refractivity contribution >= 4 is 148 Å². The Kier molecular flexibility index (Phi) is 37.3. The van der Waals surface area contributed by atoms with Gasteiger partial charge in [0, 0.05) is 112 Å². The fraction of sp³-hybridized carbons (Fsp3) is 0.474. The zero-order valence-corrected chi connectivity index (χ0v) is 79.8. The van der Waals surface area contributed by atoms with Crippen molar-refractivity contribution < 1.29 is 96.5 Å². The Hall–Kier alpha value is -10.4. The number of amides is 10. The first-order valence-electron chi connectivity index (χ1n) is 44.3. The number of carbonyl (C=O) groups is 12. The summed E-state index contributed by atoms with van der Waals surface area (Å²) in [7, 11) is 10.5. The summed E-state index contributed by atoms with van der Waals surface area (Å²) in [5.74, 6) is -9.80. The minimum atomic E-state index is -1.94. The van der Waals surface area contributed by atoms with E-state index in [4.69, 9.17) is 46.8 Å². The van der Waals surface area contributed by atoms with Crippen molar-refractivity contribution in [3.63, 3.8) is 0 Å². The van der Waals surface area contributed by atoms with Crippen molar-refractivity contribution in [3.05, 3.63) is 190 Å². The van der Waals surface area contributed by atoms with Crippen LogP contribution in [0.25, 0.3) is 16.5 Å². The van der Waals surface area contributed by atoms with E-state index < -0.39 is 186 Å². The van der Waals surface area contributed by atoms with Gasteiger partial charge in [-0.3, -0.25) is 53.3 Å². The fourth-order valence-corrected chi connectivity index (χ4v) is 21.2. The number of epoxide rings is 1. The number of phenolic OH excluding ortho intramolecular Hbond substituents is 1. The zero-order valence-electron chi connectivity index (χ0n) is 75.8. The molecule has 0 spiro atoms. The molecular weight excluding hydrogens is 1810 g/mol. The molecule has 1 aromatic heterocycles. The molecule has 33 nitrogen and oxygen atoms in total. The number of aromatic hydroxyl groups is 1. The van der Waals surface area contributed by atoms with Gasteiger partial charge >= 0.3 is 12.1 Å². The number of aromatic nitrogens is 1. The minimum absolute atomic E-state index is 0.0308. The number of anilines is 1. The zero-order chi connectivity index (χ0) is 96.0. The van der Waals surface area contributed by atoms with Gasteiger partial charge in [-0.25, -0.2) is 9.59 Å². The van der Waals surface area contributed by atoms with Gasteiger partial charge in [0.05, 0.1) is 43.5 Å². The lowest BCUT2D eigenvalue weighted by Crippen LogP contribution is -2.63. The van der Waals surface area contributed by atoms with Crippen molar-refractivity contribution in [1.82, 2.24) is 52.4 Å². The number of likely N-dealkylation sites (N-methyl/N-ethyl adjacent to an activating group) is 1. The van der Waals surface area contributed by atoms with Crippen molar-refractivity contribution in [2.24, 2.45) is 23.3 Å². The van der Waals surface area contributed by atoms with Crippen LogP contribution in [0.2, 0.25) is 5.02 Å². The molecule has 16 N–H and O–H groups in total. The summed E-state index contributed by atoms with van der Waals surface area (Å²) >= 11 is 6.92. The Bertz CT molecular complexity index is 5260. The molecular formula is C95H120ClN13O20S4. The van der Waals surface area contributed by atoms with E-state index in [1.807, 2.05) is 73.7 Å². The smallest absolute Gasteiger partial charge is 0.409 e. The third-order valence-corrected chi connectivity index (χ3v) is 29.8. The van der Waals surface area contributed by atoms with Crippen molar-refractivity contribution in [3.8, 4) is 11.5 Å². The molecule has 4 bridgehead atoms. The maximum Gasteiger partial charge on any atom is 0.409 e. The number of carbonyl (C=O) groups excluding carboxylic acids is 12. The molecule has 5 aromatic carbocycles. The van der Waals surface area contributed by atoms with Crippen LogP contribution in [0.3, 0.4) is 0 Å². The Morgan fingerprint density at radius 3 is 2.26 bits per heavy atom. The highest BCUT2D eigenvalue weighted by Crippen LogP contribution is 2.50. The van der Waals surface area contributed by atoms with Gasteiger partial charge < -0.3 is 102 Å². The number of alkyl carbamates (subject to hydrolysis) is 1. The molecule has 38 heteroatoms. The number of para-hydroxylation sites is 1. The number of halogens is 1. The Morgan fingerprint density at radius 1 is 0.820 bits per heavy atom. The lowest BCUT2D eigenvalue weighted by atomic mass is 9.83. The quantitative estimate of drug-likeness (QED) is 0.00928. The Balaban J connectivity index is 0.788. The summed E-state index contributed by atoms with van der Waals surface area (Å²) in [6.07, 6.45) is 2.38. The van der Waals surface area contributed by atoms with E-state index in [1.165, 1.54) is 85.7 Å². The van der Waals surface area contributed by atoms with Crippen LogP contribution in [0.5, 0.6) is 11.5 Å². The standard InChI is InChI=1S/C95H120ClN13O20S4/c1-53-20-19-28-78(126-9)95(124)49-77(127-93(123)107-95)54(2)84-94(5,129-84)79(48-81(114)109(7)74-43-59(40-53)44-76(125-8)82(74)96)128-92(122)55(3)108(6)80(113)35-38-130-131-39-37-99-87(117)70(46-63-50-100-68-26-16-15-25-66(63)68)103-90(120)73-52-133-132-51-72(104-86(116)67(98)42-57-21-11-10-12-22-57)75(112)47-62(41-58-29-33-64(111)34-30-58)85(115)102-71(45-61-32-31-60-23-13-14-24-65(60)61)89(119)101-69(27-17-18-36-97)88(118)106-83(56(4)110)91(121)105-73/h10-16,19-26,28-30,32-34,43-44,50,54-56,62,67,69-73,77-79,83-84,100,110-111,124H,17-18,27,31,35-42,45-49,51-52,97-98H2,1-9H3,(H,99,117)(H,101,119)(H,102,115)(H,103,120)(H,104,116)(H,105,121)(H,106,118)(H,107,123)/b28-19+,53-20+/t54-,55+,56-,62-,67-,69+,70?,71-,72+,73+,77+,78-,79+,83+,84+,94+,95+/m1/s1. The molecule has 5 aliphatic rings. The average Bonchev–Trinajstić information content (AvgIpc) is 1.57. The van der Waals surface area contributed by atoms with Gasteiger partial charge in [-0.15, -0.1) is 0 Å². The van der Waals surface area contributed by atoms with Crippen LogP contribution in [0.15, 0.2) is 151 Å². The number of benzene rings is 5. The number of allylic oxidation sites excluding steroid dienone is 4. The number of methoxy groups -OCH3 is 2. The van der Waals surface area contributed by atoms with Crippen molar-refractivity contribution in [2.45, 2.75) is 208 Å². The van der Waals surface area contributed by atoms with Gasteiger partial charge in [0.1, 0.15) is 76.7 Å². The average molecular weight is 1930 g/mol. The second kappa shape index (κ2) is 48.1. The maximum atomic E-state index is 15.3. The van der Waals surface area contributed by atoms with E-state index in [1.54, 1.807) is 80.7 Å². The van der Waals surface area contributed by atoms with Crippen LogP contribution in [-0.4, -0.2) is 251 Å². The number of ether oxygens (including phenoxy) is 5. The lowest BCUT2D eigenvalue weighted by Gasteiger charge is -2.42. The first-order chi connectivity index (χ1) is 63.6. The first-order valence-corrected chi connectivity index (χ1v) is 49.7. The number of aliphatic hydroxyl groups excluding tert-OH is 1. The number of phenols is 1. The second-order valence-electron chi connectivity index (χ2n) is 34.4. The number of fused-ring (bicyclic) bond motifs is 7. The van der Waals surface area contributed by atoms with E-state index >= 15 is 19.2 Å². The van der Waals surface area contributed by atoms with Crippen LogP contribution in [-0.2, 0) is 104 Å². The minimum Gasteiger partial charge on any atom is -0.508 e. The number of aliphatic hydroxyl groups is 2. The molecule has 6 aromatic rings. The molecule has 11 rings (SSSR count). The number of hydrogen-bond acceptors (Lipinski definition) is 26. The summed E-state index contributed by atoms with van der Waals surface area (Å²) in [6.45, 7) is 8.29. The largest absolute Gasteiger partial charge is 0.508 e. The van der Waals surface area contributed by atoms with Crippen LogP contribution in [0.1, 0.15) is 119 Å². The number of nitrogens with two attached hydrogens (primary N) is 2. The maximum absolute atomic E-state index is 15.3. The summed E-state index contributed by atoms with van der Waals surface area (Å²) < 4.78 is 29.8. The van der Waals surface area contributed by atoms with Gasteiger partial charge in [-0.1, -0.05) is 177 Å². The Labute approximate surface area is 794 Å². The highest BCUT2D eigenvalue weighted by molar-refractivity contribution is 8.77. The molecule has 17 atom stereocenters. The topological polar surface area (TPSA) is 486 Å². The molecule has 3 fully saturated rings. The van der Waals surface area contributed by atoms with Crippen LogP contribution < -0.4 is 63.6 Å². The van der Waals surface area contributed by atoms with Crippen LogP contribution in [0.4, 0.5) is 10.5 Å². The SMILES string of the molecule is COc1cc2cc(c1Cl)N(C)C(=O)C[C@H](OC(=O)[C@H](C)N(C)C(=O)CCSSCCNC(=O)C(Cc1c[nH]c3ccccc13)NC(=O)[C@@H]1CSSC[C@H](NC(=O)[C@H](N)Cc3ccccc3)C(=O)C[C@@H](Cc3ccc(O)cc3)C(=O)N[C@H](CC3=CCc4ccccc43)C(=O)N[C@@H](CCCCN)C(=O)N[C@@H]([C@@H](C)O)C(=O)N1)[C@]1(C)O[C@H]1[C@H](C)[C@@H]1C[C@@](O)(NC(=O)O1)[C@H](OC)/C=C/C=C(\C)C2. The number of rotatable bonds is 30. The van der Waals surface area contributed by atoms with E-state index in [-0.39, 0.29) is 91.8 Å². The number of H-pyrrole nitrogens is 1. The predicted octanol–water partition coefficient (Wildman–Crippen LogP) is 7.06. The van der Waals surface area contributed by atoms with Gasteiger partial charge in [0.15, 0.2) is 11.5 Å². The molecule has 1 unspecified atom stereocenters. The summed E-state index contributed by atoms with van der Waals surface area (Å²) in [4.78, 5) is 182. The number of hydrogen-bond donors (Lipinski definition) is 14. The monoisotopic (exact) mass is 1930 g/mol. The number of unbranched alkanes of at least 4 members (excludes halogenated alkanes) is 1. The Morgan fingerprint density at radius 2 is 1.53 bits per heavy atom. The normalized spacial score (nSPS) is 25.7. The number of nitrogens with one attached hydrogen (secondary N) is 9. The summed E-state index contributed by atoms with van der Waals surface area (Å²) in [5, 5.41) is 57.0. The number of ketones is 1. The molecule has 0 radical (unpaired) electrons. The molecule has 133 heavy (non-hydrogen) atoms. The highest BCUT2D eigenvalue weighted by atomic mass is 35.5. The number of aromatic amines is 1. The third kappa shape index (κ3) is 27.7. The van der Waals surface area contributed by atoms with Crippen LogP contribution in [0, 0.1) is 11.8 Å². The fourth-order valence-electron chi connectivity index (χ4n) is 16.6. The first kappa shape index (κ1) is 103.